The van der Waals surface area contributed by atoms with Gasteiger partial charge in [0.15, 0.2) is 0 Å². The molecule has 2 aromatic rings. The number of halogens is 1. The van der Waals surface area contributed by atoms with E-state index in [1.807, 2.05) is 0 Å². The van der Waals surface area contributed by atoms with Gasteiger partial charge in [-0.15, -0.1) is 0 Å². The number of carboxylic acid groups (broad SMARTS) is 1. The highest BCUT2D eigenvalue weighted by Crippen LogP contribution is 2.27. The minimum Gasteiger partial charge on any atom is -0.478 e. The van der Waals surface area contributed by atoms with E-state index in [1.54, 1.807) is 19.1 Å². The van der Waals surface area contributed by atoms with Crippen LogP contribution in [-0.2, 0) is 4.74 Å². The van der Waals surface area contributed by atoms with Gasteiger partial charge in [-0.05, 0) is 47.9 Å². The Morgan fingerprint density at radius 1 is 1.19 bits per heavy atom. The molecule has 0 atom stereocenters. The smallest absolute Gasteiger partial charge is 0.337 e. The molecular formula is C16H13FO4. The van der Waals surface area contributed by atoms with Gasteiger partial charge in [0.1, 0.15) is 5.82 Å². The van der Waals surface area contributed by atoms with Crippen molar-refractivity contribution in [3.8, 4) is 11.1 Å². The Hall–Kier alpha value is -2.69. The summed E-state index contributed by atoms with van der Waals surface area (Å²) in [5.74, 6) is -2.30. The lowest BCUT2D eigenvalue weighted by molar-refractivity contribution is 0.0599. The van der Waals surface area contributed by atoms with Crippen LogP contribution < -0.4 is 0 Å². The van der Waals surface area contributed by atoms with Gasteiger partial charge < -0.3 is 9.84 Å². The predicted molar refractivity (Wildman–Crippen MR) is 74.9 cm³/mol. The molecule has 0 radical (unpaired) electrons. The molecule has 21 heavy (non-hydrogen) atoms. The number of carboxylic acids is 1. The van der Waals surface area contributed by atoms with Crippen molar-refractivity contribution in [3.63, 3.8) is 0 Å². The third-order valence-corrected chi connectivity index (χ3v) is 3.19. The lowest BCUT2D eigenvalue weighted by Gasteiger charge is -2.10. The average Bonchev–Trinajstić information content (AvgIpc) is 2.45. The van der Waals surface area contributed by atoms with Gasteiger partial charge in [-0.2, -0.15) is 0 Å². The maximum absolute atomic E-state index is 13.7. The molecule has 0 aliphatic rings. The summed E-state index contributed by atoms with van der Waals surface area (Å²) < 4.78 is 18.3. The third kappa shape index (κ3) is 2.91. The largest absolute Gasteiger partial charge is 0.478 e. The molecule has 0 bridgehead atoms. The van der Waals surface area contributed by atoms with Crippen molar-refractivity contribution >= 4 is 11.9 Å². The van der Waals surface area contributed by atoms with E-state index in [1.165, 1.54) is 25.3 Å². The van der Waals surface area contributed by atoms with Crippen molar-refractivity contribution < 1.29 is 23.8 Å². The molecule has 0 fully saturated rings. The fourth-order valence-electron chi connectivity index (χ4n) is 2.16. The number of benzene rings is 2. The minimum atomic E-state index is -1.06. The van der Waals surface area contributed by atoms with Crippen molar-refractivity contribution in [2.45, 2.75) is 6.92 Å². The number of aromatic carboxylic acids is 1. The molecule has 0 unspecified atom stereocenters. The maximum atomic E-state index is 13.7. The van der Waals surface area contributed by atoms with Gasteiger partial charge in [-0.25, -0.2) is 14.0 Å². The van der Waals surface area contributed by atoms with E-state index in [2.05, 4.69) is 4.74 Å². The predicted octanol–water partition coefficient (Wildman–Crippen LogP) is 3.29. The molecular weight excluding hydrogens is 275 g/mol. The summed E-state index contributed by atoms with van der Waals surface area (Å²) in [5, 5.41) is 9.12. The Balaban J connectivity index is 2.62. The van der Waals surface area contributed by atoms with Gasteiger partial charge in [-0.3, -0.25) is 0 Å². The zero-order valence-electron chi connectivity index (χ0n) is 11.5. The van der Waals surface area contributed by atoms with Crippen LogP contribution in [0, 0.1) is 12.7 Å². The van der Waals surface area contributed by atoms with Crippen LogP contribution in [0.3, 0.4) is 0 Å². The molecule has 0 saturated heterocycles. The summed E-state index contributed by atoms with van der Waals surface area (Å²) in [6, 6.07) is 8.53. The van der Waals surface area contributed by atoms with Crippen LogP contribution in [-0.4, -0.2) is 24.2 Å². The average molecular weight is 288 g/mol. The Bertz CT molecular complexity index is 722. The Morgan fingerprint density at radius 3 is 2.52 bits per heavy atom. The van der Waals surface area contributed by atoms with Crippen LogP contribution in [0.1, 0.15) is 26.3 Å². The SMILES string of the molecule is COC(=O)c1cc(F)cc(-c2cccc(C(=O)O)c2C)c1. The second kappa shape index (κ2) is 5.75. The fourth-order valence-corrected chi connectivity index (χ4v) is 2.16. The second-order valence-corrected chi connectivity index (χ2v) is 4.50. The Labute approximate surface area is 120 Å². The third-order valence-electron chi connectivity index (χ3n) is 3.19. The molecule has 0 aromatic heterocycles. The number of carbonyl (C=O) groups is 2. The van der Waals surface area contributed by atoms with Gasteiger partial charge in [0.05, 0.1) is 18.2 Å². The highest BCUT2D eigenvalue weighted by molar-refractivity contribution is 5.94. The van der Waals surface area contributed by atoms with Crippen LogP contribution in [0.15, 0.2) is 36.4 Å². The topological polar surface area (TPSA) is 63.6 Å². The fraction of sp³-hybridized carbons (Fsp3) is 0.125. The number of hydrogen-bond acceptors (Lipinski definition) is 3. The number of esters is 1. The molecule has 0 aliphatic heterocycles. The Morgan fingerprint density at radius 2 is 1.90 bits per heavy atom. The van der Waals surface area contributed by atoms with Crippen LogP contribution >= 0.6 is 0 Å². The second-order valence-electron chi connectivity index (χ2n) is 4.50. The van der Waals surface area contributed by atoms with E-state index in [0.29, 0.717) is 16.7 Å². The first kappa shape index (κ1) is 14.7. The van der Waals surface area contributed by atoms with Gasteiger partial charge in [0.2, 0.25) is 0 Å². The molecule has 0 aliphatic carbocycles. The van der Waals surface area contributed by atoms with Gasteiger partial charge in [0.25, 0.3) is 0 Å². The molecule has 0 spiro atoms. The van der Waals surface area contributed by atoms with Gasteiger partial charge in [0, 0.05) is 0 Å². The number of methoxy groups -OCH3 is 1. The number of rotatable bonds is 3. The van der Waals surface area contributed by atoms with Crippen molar-refractivity contribution in [2.75, 3.05) is 7.11 Å². The summed E-state index contributed by atoms with van der Waals surface area (Å²) in [4.78, 5) is 22.7. The Kier molecular flexibility index (Phi) is 4.03. The van der Waals surface area contributed by atoms with Crippen LogP contribution in [0.25, 0.3) is 11.1 Å². The maximum Gasteiger partial charge on any atom is 0.337 e. The lowest BCUT2D eigenvalue weighted by atomic mass is 9.95. The molecule has 0 heterocycles. The molecule has 4 nitrogen and oxygen atoms in total. The van der Waals surface area contributed by atoms with Crippen LogP contribution in [0.5, 0.6) is 0 Å². The van der Waals surface area contributed by atoms with Gasteiger partial charge in [-0.1, -0.05) is 12.1 Å². The monoisotopic (exact) mass is 288 g/mol. The van der Waals surface area contributed by atoms with Crippen LogP contribution in [0.4, 0.5) is 4.39 Å². The minimum absolute atomic E-state index is 0.0765. The summed E-state index contributed by atoms with van der Waals surface area (Å²) in [5.41, 5.74) is 1.70. The number of carbonyl (C=O) groups excluding carboxylic acids is 1. The molecule has 5 heteroatoms. The van der Waals surface area contributed by atoms with Crippen molar-refractivity contribution in [2.24, 2.45) is 0 Å². The molecule has 0 amide bonds. The standard InChI is InChI=1S/C16H13FO4/c1-9-13(4-3-5-14(9)15(18)19)10-6-11(16(20)21-2)8-12(17)7-10/h3-8H,1-2H3,(H,18,19). The zero-order chi connectivity index (χ0) is 15.6. The first-order valence-corrected chi connectivity index (χ1v) is 6.16. The van der Waals surface area contributed by atoms with E-state index in [0.717, 1.165) is 6.07 Å². The summed E-state index contributed by atoms with van der Waals surface area (Å²) in [6.07, 6.45) is 0. The van der Waals surface area contributed by atoms with E-state index in [4.69, 9.17) is 5.11 Å². The lowest BCUT2D eigenvalue weighted by Crippen LogP contribution is -2.03. The zero-order valence-corrected chi connectivity index (χ0v) is 11.5. The first-order valence-electron chi connectivity index (χ1n) is 6.16. The van der Waals surface area contributed by atoms with Gasteiger partial charge >= 0.3 is 11.9 Å². The van der Waals surface area contributed by atoms with Crippen LogP contribution in [0.2, 0.25) is 0 Å². The summed E-state index contributed by atoms with van der Waals surface area (Å²) >= 11 is 0. The van der Waals surface area contributed by atoms with E-state index in [9.17, 15) is 14.0 Å². The number of ether oxygens (including phenoxy) is 1. The molecule has 2 rings (SSSR count). The van der Waals surface area contributed by atoms with Crippen molar-refractivity contribution in [1.82, 2.24) is 0 Å². The van der Waals surface area contributed by atoms with Crippen molar-refractivity contribution in [3.05, 3.63) is 58.9 Å². The molecule has 2 aromatic carbocycles. The summed E-state index contributed by atoms with van der Waals surface area (Å²) in [6.45, 7) is 1.64. The molecule has 108 valence electrons. The van der Waals surface area contributed by atoms with E-state index in [-0.39, 0.29) is 11.1 Å². The highest BCUT2D eigenvalue weighted by Gasteiger charge is 2.14. The van der Waals surface area contributed by atoms with E-state index >= 15 is 0 Å². The molecule has 0 saturated carbocycles. The molecule has 1 N–H and O–H groups in total. The highest BCUT2D eigenvalue weighted by atomic mass is 19.1. The normalized spacial score (nSPS) is 10.2. The number of hydrogen-bond donors (Lipinski definition) is 1. The quantitative estimate of drug-likeness (QED) is 0.880. The van der Waals surface area contributed by atoms with Crippen molar-refractivity contribution in [1.29, 1.82) is 0 Å². The first-order chi connectivity index (χ1) is 9.93. The summed E-state index contributed by atoms with van der Waals surface area (Å²) in [7, 11) is 1.21. The van der Waals surface area contributed by atoms with E-state index < -0.39 is 17.8 Å².